The third-order valence-corrected chi connectivity index (χ3v) is 3.48. The molecule has 0 aliphatic rings. The number of rotatable bonds is 7. The van der Waals surface area contributed by atoms with Crippen molar-refractivity contribution < 1.29 is 27.5 Å². The third kappa shape index (κ3) is 5.20. The molecule has 0 saturated carbocycles. The van der Waals surface area contributed by atoms with Gasteiger partial charge in [-0.25, -0.2) is 13.6 Å². The highest BCUT2D eigenvalue weighted by atomic mass is 32.2. The summed E-state index contributed by atoms with van der Waals surface area (Å²) in [6, 6.07) is 2.22. The molecule has 0 aliphatic heterocycles. The Morgan fingerprint density at radius 3 is 2.43 bits per heavy atom. The van der Waals surface area contributed by atoms with E-state index in [-0.39, 0.29) is 18.2 Å². The average molecular weight is 318 g/mol. The van der Waals surface area contributed by atoms with Crippen LogP contribution in [-0.2, 0) is 14.8 Å². The van der Waals surface area contributed by atoms with Gasteiger partial charge in [-0.2, -0.15) is 0 Å². The van der Waals surface area contributed by atoms with Gasteiger partial charge in [-0.3, -0.25) is 9.59 Å². The number of primary sulfonamides is 1. The van der Waals surface area contributed by atoms with Gasteiger partial charge in [0, 0.05) is 6.54 Å². The van der Waals surface area contributed by atoms with Gasteiger partial charge in [-0.1, -0.05) is 13.8 Å². The minimum atomic E-state index is -4.02. The van der Waals surface area contributed by atoms with E-state index in [9.17, 15) is 18.0 Å². The van der Waals surface area contributed by atoms with E-state index >= 15 is 0 Å². The zero-order valence-corrected chi connectivity index (χ0v) is 12.5. The van der Waals surface area contributed by atoms with E-state index in [1.54, 1.807) is 0 Å². The SMILES string of the molecule is CC(C)CC(CNC(=O)c1ccc(S(N)(=O)=O)o1)C(=O)O. The molecule has 1 rings (SSSR count). The van der Waals surface area contributed by atoms with Gasteiger partial charge in [0.15, 0.2) is 5.76 Å². The maximum absolute atomic E-state index is 11.8. The van der Waals surface area contributed by atoms with Gasteiger partial charge < -0.3 is 14.8 Å². The third-order valence-electron chi connectivity index (χ3n) is 2.70. The Bertz CT molecular complexity index is 619. The number of carboxylic acids is 1. The van der Waals surface area contributed by atoms with E-state index in [4.69, 9.17) is 14.7 Å². The first kappa shape index (κ1) is 17.2. The molecular weight excluding hydrogens is 300 g/mol. The number of aliphatic carboxylic acids is 1. The molecule has 4 N–H and O–H groups in total. The van der Waals surface area contributed by atoms with Gasteiger partial charge >= 0.3 is 5.97 Å². The van der Waals surface area contributed by atoms with E-state index in [1.807, 2.05) is 13.8 Å². The van der Waals surface area contributed by atoms with E-state index < -0.39 is 32.9 Å². The summed E-state index contributed by atoms with van der Waals surface area (Å²) < 4.78 is 26.9. The summed E-state index contributed by atoms with van der Waals surface area (Å²) >= 11 is 0. The van der Waals surface area contributed by atoms with Crippen molar-refractivity contribution >= 4 is 21.9 Å². The molecule has 1 unspecified atom stereocenters. The molecule has 0 bridgehead atoms. The van der Waals surface area contributed by atoms with Crippen LogP contribution in [0.5, 0.6) is 0 Å². The summed E-state index contributed by atoms with van der Waals surface area (Å²) in [6.45, 7) is 3.68. The van der Waals surface area contributed by atoms with Gasteiger partial charge in [0.1, 0.15) is 0 Å². The molecule has 0 aromatic carbocycles. The van der Waals surface area contributed by atoms with E-state index in [2.05, 4.69) is 5.32 Å². The largest absolute Gasteiger partial charge is 0.481 e. The molecule has 1 aromatic rings. The van der Waals surface area contributed by atoms with Crippen molar-refractivity contribution in [2.75, 3.05) is 6.54 Å². The number of nitrogens with two attached hydrogens (primary N) is 1. The fourth-order valence-corrected chi connectivity index (χ4v) is 2.20. The number of amides is 1. The molecule has 0 fully saturated rings. The number of carboxylic acid groups (broad SMARTS) is 1. The summed E-state index contributed by atoms with van der Waals surface area (Å²) in [7, 11) is -4.02. The van der Waals surface area contributed by atoms with Crippen LogP contribution in [0.15, 0.2) is 21.6 Å². The Morgan fingerprint density at radius 1 is 1.38 bits per heavy atom. The topological polar surface area (TPSA) is 140 Å². The van der Waals surface area contributed by atoms with Gasteiger partial charge in [-0.05, 0) is 24.5 Å². The van der Waals surface area contributed by atoms with Crippen LogP contribution in [0.25, 0.3) is 0 Å². The molecule has 1 heterocycles. The maximum Gasteiger partial charge on any atom is 0.308 e. The van der Waals surface area contributed by atoms with Crippen LogP contribution in [0.4, 0.5) is 0 Å². The molecule has 1 amide bonds. The van der Waals surface area contributed by atoms with Crippen LogP contribution < -0.4 is 10.5 Å². The van der Waals surface area contributed by atoms with Crippen LogP contribution in [0, 0.1) is 11.8 Å². The molecule has 0 saturated heterocycles. The van der Waals surface area contributed by atoms with Crippen molar-refractivity contribution in [3.05, 3.63) is 17.9 Å². The molecule has 0 radical (unpaired) electrons. The Balaban J connectivity index is 2.68. The van der Waals surface area contributed by atoms with Crippen LogP contribution in [-0.4, -0.2) is 31.9 Å². The highest BCUT2D eigenvalue weighted by Crippen LogP contribution is 2.14. The van der Waals surface area contributed by atoms with Crippen molar-refractivity contribution in [1.82, 2.24) is 5.32 Å². The minimum absolute atomic E-state index is 0.0717. The Morgan fingerprint density at radius 2 is 2.00 bits per heavy atom. The molecule has 0 aliphatic carbocycles. The second-order valence-electron chi connectivity index (χ2n) is 5.04. The van der Waals surface area contributed by atoms with Crippen molar-refractivity contribution in [3.8, 4) is 0 Å². The number of nitrogens with one attached hydrogen (secondary N) is 1. The number of carbonyl (C=O) groups is 2. The second-order valence-corrected chi connectivity index (χ2v) is 6.53. The molecular formula is C12H18N2O6S. The second kappa shape index (κ2) is 6.72. The van der Waals surface area contributed by atoms with Crippen LogP contribution >= 0.6 is 0 Å². The fraction of sp³-hybridized carbons (Fsp3) is 0.500. The number of hydrogen-bond donors (Lipinski definition) is 3. The summed E-state index contributed by atoms with van der Waals surface area (Å²) in [6.07, 6.45) is 0.413. The quantitative estimate of drug-likeness (QED) is 0.665. The highest BCUT2D eigenvalue weighted by molar-refractivity contribution is 7.89. The lowest BCUT2D eigenvalue weighted by molar-refractivity contribution is -0.142. The zero-order chi connectivity index (χ0) is 16.2. The Labute approximate surface area is 122 Å². The zero-order valence-electron chi connectivity index (χ0n) is 11.7. The number of hydrogen-bond acceptors (Lipinski definition) is 5. The monoisotopic (exact) mass is 318 g/mol. The molecule has 1 aromatic heterocycles. The predicted molar refractivity (Wildman–Crippen MR) is 73.0 cm³/mol. The van der Waals surface area contributed by atoms with Gasteiger partial charge in [0.05, 0.1) is 5.92 Å². The van der Waals surface area contributed by atoms with Crippen molar-refractivity contribution in [1.29, 1.82) is 0 Å². The first-order valence-corrected chi connectivity index (χ1v) is 7.79. The van der Waals surface area contributed by atoms with Gasteiger partial charge in [-0.15, -0.1) is 0 Å². The number of furan rings is 1. The number of sulfonamides is 1. The standard InChI is InChI=1S/C12H18N2O6S/c1-7(2)5-8(12(16)17)6-14-11(15)9-3-4-10(20-9)21(13,18)19/h3-4,7-8H,5-6H2,1-2H3,(H,14,15)(H,16,17)(H2,13,18,19). The molecule has 21 heavy (non-hydrogen) atoms. The summed E-state index contributed by atoms with van der Waals surface area (Å²) in [5.41, 5.74) is 0. The van der Waals surface area contributed by atoms with Crippen LogP contribution in [0.2, 0.25) is 0 Å². The lowest BCUT2D eigenvalue weighted by Crippen LogP contribution is -2.33. The number of carbonyl (C=O) groups excluding carboxylic acids is 1. The van der Waals surface area contributed by atoms with Crippen molar-refractivity contribution in [2.24, 2.45) is 17.0 Å². The molecule has 1 atom stereocenters. The van der Waals surface area contributed by atoms with Gasteiger partial charge in [0.2, 0.25) is 5.09 Å². The van der Waals surface area contributed by atoms with E-state index in [0.717, 1.165) is 12.1 Å². The van der Waals surface area contributed by atoms with E-state index in [0.29, 0.717) is 6.42 Å². The first-order valence-electron chi connectivity index (χ1n) is 6.25. The Kier molecular flexibility index (Phi) is 5.50. The highest BCUT2D eigenvalue weighted by Gasteiger charge is 2.22. The van der Waals surface area contributed by atoms with Crippen LogP contribution in [0.1, 0.15) is 30.8 Å². The minimum Gasteiger partial charge on any atom is -0.481 e. The molecule has 9 heteroatoms. The maximum atomic E-state index is 11.8. The summed E-state index contributed by atoms with van der Waals surface area (Å²) in [4.78, 5) is 22.8. The summed E-state index contributed by atoms with van der Waals surface area (Å²) in [5.74, 6) is -2.50. The summed E-state index contributed by atoms with van der Waals surface area (Å²) in [5, 5.41) is 15.8. The fourth-order valence-electron chi connectivity index (χ4n) is 1.74. The van der Waals surface area contributed by atoms with Crippen molar-refractivity contribution in [2.45, 2.75) is 25.4 Å². The predicted octanol–water partition coefficient (Wildman–Crippen LogP) is 0.404. The van der Waals surface area contributed by atoms with E-state index in [1.165, 1.54) is 0 Å². The molecule has 8 nitrogen and oxygen atoms in total. The molecule has 118 valence electrons. The Hall–Kier alpha value is -1.87. The van der Waals surface area contributed by atoms with Gasteiger partial charge in [0.25, 0.3) is 15.9 Å². The van der Waals surface area contributed by atoms with Crippen molar-refractivity contribution in [3.63, 3.8) is 0 Å². The smallest absolute Gasteiger partial charge is 0.308 e. The average Bonchev–Trinajstić information content (AvgIpc) is 2.82. The first-order chi connectivity index (χ1) is 9.61. The lowest BCUT2D eigenvalue weighted by Gasteiger charge is -2.14. The lowest BCUT2D eigenvalue weighted by atomic mass is 9.97. The normalized spacial score (nSPS) is 13.1. The molecule has 0 spiro atoms. The van der Waals surface area contributed by atoms with Crippen LogP contribution in [0.3, 0.4) is 0 Å².